The molecule has 1 aliphatic heterocycles. The summed E-state index contributed by atoms with van der Waals surface area (Å²) in [5.41, 5.74) is 1.77. The number of carbonyl (C=O) groups is 4. The average molecular weight is 463 g/mol. The van der Waals surface area contributed by atoms with E-state index in [1.165, 1.54) is 14.7 Å². The molecule has 2 aliphatic rings. The highest BCUT2D eigenvalue weighted by Gasteiger charge is 2.39. The van der Waals surface area contributed by atoms with Crippen LogP contribution >= 0.6 is 0 Å². The van der Waals surface area contributed by atoms with Crippen molar-refractivity contribution >= 4 is 40.7 Å². The number of rotatable bonds is 6. The van der Waals surface area contributed by atoms with Crippen molar-refractivity contribution in [2.75, 3.05) is 35.3 Å². The van der Waals surface area contributed by atoms with E-state index in [2.05, 4.69) is 5.32 Å². The van der Waals surface area contributed by atoms with E-state index in [1.807, 2.05) is 18.2 Å². The second-order valence-electron chi connectivity index (χ2n) is 8.95. The maximum atomic E-state index is 13.2. The van der Waals surface area contributed by atoms with Crippen molar-refractivity contribution < 1.29 is 19.2 Å². The first kappa shape index (κ1) is 23.5. The Hall–Kier alpha value is -3.68. The van der Waals surface area contributed by atoms with Gasteiger partial charge in [-0.2, -0.15) is 0 Å². The molecule has 0 unspecified atom stereocenters. The van der Waals surface area contributed by atoms with Gasteiger partial charge in [-0.15, -0.1) is 0 Å². The van der Waals surface area contributed by atoms with Gasteiger partial charge in [0.15, 0.2) is 6.04 Å². The molecule has 8 heteroatoms. The van der Waals surface area contributed by atoms with E-state index in [1.54, 1.807) is 50.5 Å². The molecule has 2 aromatic rings. The van der Waals surface area contributed by atoms with Gasteiger partial charge in [0.25, 0.3) is 11.8 Å². The minimum Gasteiger partial charge on any atom is -0.335 e. The fraction of sp³-hybridized carbons (Fsp3) is 0.385. The predicted octanol–water partition coefficient (Wildman–Crippen LogP) is 2.72. The van der Waals surface area contributed by atoms with Gasteiger partial charge in [0.2, 0.25) is 11.8 Å². The third kappa shape index (κ3) is 4.81. The lowest BCUT2D eigenvalue weighted by Crippen LogP contribution is -2.56. The van der Waals surface area contributed by atoms with Crippen molar-refractivity contribution in [3.63, 3.8) is 0 Å². The van der Waals surface area contributed by atoms with Gasteiger partial charge in [0.1, 0.15) is 6.54 Å². The Bertz CT molecular complexity index is 1040. The summed E-state index contributed by atoms with van der Waals surface area (Å²) < 4.78 is 0. The Labute approximate surface area is 199 Å². The molecule has 0 saturated heterocycles. The monoisotopic (exact) mass is 462 g/mol. The van der Waals surface area contributed by atoms with E-state index in [4.69, 9.17) is 0 Å². The first-order chi connectivity index (χ1) is 16.4. The number of fused-ring (bicyclic) bond motifs is 1. The number of carbonyl (C=O) groups excluding carboxylic acids is 4. The minimum atomic E-state index is -1.38. The topological polar surface area (TPSA) is 90.0 Å². The van der Waals surface area contributed by atoms with Crippen LogP contribution in [-0.4, -0.2) is 50.3 Å². The van der Waals surface area contributed by atoms with E-state index in [-0.39, 0.29) is 12.5 Å². The highest BCUT2D eigenvalue weighted by Crippen LogP contribution is 2.31. The van der Waals surface area contributed by atoms with Crippen LogP contribution in [0.5, 0.6) is 0 Å². The summed E-state index contributed by atoms with van der Waals surface area (Å²) in [4.78, 5) is 56.6. The molecule has 0 aromatic heterocycles. The van der Waals surface area contributed by atoms with Crippen molar-refractivity contribution in [2.45, 2.75) is 38.1 Å². The third-order valence-electron chi connectivity index (χ3n) is 6.67. The first-order valence-electron chi connectivity index (χ1n) is 11.7. The third-order valence-corrected chi connectivity index (χ3v) is 6.67. The number of nitrogens with one attached hydrogen (secondary N) is 1. The van der Waals surface area contributed by atoms with Gasteiger partial charge < -0.3 is 20.0 Å². The summed E-state index contributed by atoms with van der Waals surface area (Å²) in [5, 5.41) is 2.59. The van der Waals surface area contributed by atoms with Crippen LogP contribution in [0.15, 0.2) is 54.6 Å². The van der Waals surface area contributed by atoms with Gasteiger partial charge in [-0.25, -0.2) is 0 Å². The number of benzene rings is 2. The Balaban J connectivity index is 1.52. The molecule has 1 heterocycles. The Kier molecular flexibility index (Phi) is 6.95. The predicted molar refractivity (Wildman–Crippen MR) is 131 cm³/mol. The number of para-hydroxylation sites is 3. The van der Waals surface area contributed by atoms with Gasteiger partial charge in [-0.3, -0.25) is 19.2 Å². The first-order valence-corrected chi connectivity index (χ1v) is 11.7. The maximum absolute atomic E-state index is 13.2. The van der Waals surface area contributed by atoms with Gasteiger partial charge >= 0.3 is 0 Å². The molecule has 0 atom stereocenters. The van der Waals surface area contributed by atoms with Gasteiger partial charge in [-0.05, 0) is 43.0 Å². The van der Waals surface area contributed by atoms with Crippen LogP contribution in [0.25, 0.3) is 0 Å². The lowest BCUT2D eigenvalue weighted by atomic mass is 10.0. The van der Waals surface area contributed by atoms with E-state index in [0.29, 0.717) is 29.4 Å². The largest absolute Gasteiger partial charge is 0.335 e. The SMILES string of the molecule is CN1C(=O)C(NC(=O)CN(C(=O)CC2CCCC2)c2ccccc2)C(=O)N(C)c2ccccc21. The van der Waals surface area contributed by atoms with E-state index >= 15 is 0 Å². The zero-order valence-electron chi connectivity index (χ0n) is 19.6. The van der Waals surface area contributed by atoms with Crippen LogP contribution in [0.3, 0.4) is 0 Å². The van der Waals surface area contributed by atoms with Crippen molar-refractivity contribution in [3.05, 3.63) is 54.6 Å². The fourth-order valence-electron chi connectivity index (χ4n) is 4.74. The second-order valence-corrected chi connectivity index (χ2v) is 8.95. The molecule has 1 saturated carbocycles. The Morgan fingerprint density at radius 1 is 0.882 bits per heavy atom. The quantitative estimate of drug-likeness (QED) is 0.669. The Morgan fingerprint density at radius 2 is 1.41 bits per heavy atom. The number of hydrogen-bond donors (Lipinski definition) is 1. The fourth-order valence-corrected chi connectivity index (χ4v) is 4.74. The summed E-state index contributed by atoms with van der Waals surface area (Å²) in [6.07, 6.45) is 4.66. The molecule has 178 valence electrons. The van der Waals surface area contributed by atoms with Gasteiger partial charge in [0.05, 0.1) is 11.4 Å². The standard InChI is InChI=1S/C26H30N4O4/c1-28-20-14-8-9-15-21(20)29(2)26(34)24(25(28)33)27-22(31)17-30(19-12-4-3-5-13-19)23(32)16-18-10-6-7-11-18/h3-5,8-9,12-15,18,24H,6-7,10-11,16-17H2,1-2H3,(H,27,31). The molecule has 1 aliphatic carbocycles. The molecular formula is C26H30N4O4. The van der Waals surface area contributed by atoms with Crippen LogP contribution < -0.4 is 20.0 Å². The average Bonchev–Trinajstić information content (AvgIpc) is 3.35. The Morgan fingerprint density at radius 3 is 1.97 bits per heavy atom. The molecule has 0 radical (unpaired) electrons. The maximum Gasteiger partial charge on any atom is 0.259 e. The molecule has 0 spiro atoms. The number of amides is 4. The second kappa shape index (κ2) is 10.1. The van der Waals surface area contributed by atoms with Crippen LogP contribution in [0, 0.1) is 5.92 Å². The van der Waals surface area contributed by atoms with Crippen molar-refractivity contribution in [3.8, 4) is 0 Å². The summed E-state index contributed by atoms with van der Waals surface area (Å²) in [5.74, 6) is -1.43. The van der Waals surface area contributed by atoms with Crippen LogP contribution in [0.2, 0.25) is 0 Å². The minimum absolute atomic E-state index is 0.131. The van der Waals surface area contributed by atoms with E-state index in [9.17, 15) is 19.2 Å². The molecule has 34 heavy (non-hydrogen) atoms. The summed E-state index contributed by atoms with van der Waals surface area (Å²) in [7, 11) is 3.16. The van der Waals surface area contributed by atoms with Gasteiger partial charge in [-0.1, -0.05) is 43.2 Å². The zero-order valence-corrected chi connectivity index (χ0v) is 19.6. The molecule has 0 bridgehead atoms. The molecule has 4 rings (SSSR count). The highest BCUT2D eigenvalue weighted by molar-refractivity contribution is 6.21. The highest BCUT2D eigenvalue weighted by atomic mass is 16.2. The lowest BCUT2D eigenvalue weighted by Gasteiger charge is -2.26. The number of likely N-dealkylation sites (N-methyl/N-ethyl adjacent to an activating group) is 2. The van der Waals surface area contributed by atoms with Gasteiger partial charge in [0, 0.05) is 26.2 Å². The summed E-state index contributed by atoms with van der Waals surface area (Å²) >= 11 is 0. The zero-order chi connectivity index (χ0) is 24.2. The van der Waals surface area contributed by atoms with Crippen molar-refractivity contribution in [1.29, 1.82) is 0 Å². The normalized spacial score (nSPS) is 16.9. The summed E-state index contributed by atoms with van der Waals surface area (Å²) in [6, 6.07) is 14.7. The molecule has 1 N–H and O–H groups in total. The van der Waals surface area contributed by atoms with Crippen molar-refractivity contribution in [2.24, 2.45) is 5.92 Å². The molecule has 1 fully saturated rings. The molecular weight excluding hydrogens is 432 g/mol. The molecule has 8 nitrogen and oxygen atoms in total. The van der Waals surface area contributed by atoms with Crippen LogP contribution in [0.4, 0.5) is 17.1 Å². The molecule has 4 amide bonds. The van der Waals surface area contributed by atoms with Crippen molar-refractivity contribution in [1.82, 2.24) is 5.32 Å². The summed E-state index contributed by atoms with van der Waals surface area (Å²) in [6.45, 7) is -0.271. The number of anilines is 3. The number of hydrogen-bond acceptors (Lipinski definition) is 4. The number of nitrogens with zero attached hydrogens (tertiary/aromatic N) is 3. The van der Waals surface area contributed by atoms with E-state index in [0.717, 1.165) is 25.7 Å². The lowest BCUT2D eigenvalue weighted by molar-refractivity contribution is -0.133. The van der Waals surface area contributed by atoms with E-state index < -0.39 is 23.8 Å². The van der Waals surface area contributed by atoms with Crippen LogP contribution in [-0.2, 0) is 19.2 Å². The van der Waals surface area contributed by atoms with Crippen LogP contribution in [0.1, 0.15) is 32.1 Å². The molecule has 2 aromatic carbocycles. The smallest absolute Gasteiger partial charge is 0.259 e.